The smallest absolute Gasteiger partial charge is 0.193 e. The van der Waals surface area contributed by atoms with Crippen LogP contribution in [0.4, 0.5) is 0 Å². The minimum Gasteiger partial charge on any atom is -0.355 e. The normalized spacial score (nSPS) is 22.1. The number of likely N-dealkylation sites (N-methyl/N-ethyl adjacent to an activating group) is 1. The molecule has 0 amide bonds. The molecule has 1 saturated heterocycles. The van der Waals surface area contributed by atoms with Crippen molar-refractivity contribution in [3.05, 3.63) is 0 Å². The number of nitrogens with one attached hydrogen (secondary N) is 1. The van der Waals surface area contributed by atoms with Crippen LogP contribution in [0, 0.1) is 0 Å². The van der Waals surface area contributed by atoms with E-state index in [0.29, 0.717) is 13.1 Å². The molecule has 0 saturated carbocycles. The van der Waals surface area contributed by atoms with Gasteiger partial charge in [-0.3, -0.25) is 4.99 Å². The Hall–Kier alpha value is -0.820. The zero-order valence-corrected chi connectivity index (χ0v) is 14.1. The molecule has 0 spiro atoms. The quantitative estimate of drug-likeness (QED) is 0.586. The van der Waals surface area contributed by atoms with E-state index >= 15 is 0 Å². The Bertz CT molecular complexity index is 445. The maximum atomic E-state index is 12.0. The molecular weight excluding hydrogens is 276 g/mol. The molecule has 1 N–H and O–H groups in total. The van der Waals surface area contributed by atoms with Crippen LogP contribution in [-0.4, -0.2) is 81.5 Å². The Morgan fingerprint density at radius 2 is 2.10 bits per heavy atom. The molecule has 6 nitrogen and oxygen atoms in total. The van der Waals surface area contributed by atoms with Crippen LogP contribution >= 0.6 is 0 Å². The van der Waals surface area contributed by atoms with E-state index in [1.165, 1.54) is 0 Å². The predicted octanol–water partition coefficient (Wildman–Crippen LogP) is 0.0225. The highest BCUT2D eigenvalue weighted by Gasteiger charge is 2.40. The number of guanidine groups is 1. The van der Waals surface area contributed by atoms with Crippen LogP contribution in [-0.2, 0) is 9.84 Å². The molecule has 0 bridgehead atoms. The van der Waals surface area contributed by atoms with Gasteiger partial charge in [-0.2, -0.15) is 0 Å². The summed E-state index contributed by atoms with van der Waals surface area (Å²) in [6, 6.07) is 0. The zero-order valence-electron chi connectivity index (χ0n) is 13.3. The van der Waals surface area contributed by atoms with E-state index in [2.05, 4.69) is 29.2 Å². The first-order chi connectivity index (χ1) is 9.23. The van der Waals surface area contributed by atoms with Crippen LogP contribution in [0.2, 0.25) is 0 Å². The van der Waals surface area contributed by atoms with Gasteiger partial charge in [0.15, 0.2) is 15.8 Å². The van der Waals surface area contributed by atoms with Gasteiger partial charge in [-0.15, -0.1) is 0 Å². The van der Waals surface area contributed by atoms with Gasteiger partial charge in [0, 0.05) is 33.2 Å². The first-order valence-electron chi connectivity index (χ1n) is 7.10. The third-order valence-electron chi connectivity index (χ3n) is 3.87. The Kier molecular flexibility index (Phi) is 5.82. The second-order valence-corrected chi connectivity index (χ2v) is 8.61. The molecular formula is C13H28N4O2S. The van der Waals surface area contributed by atoms with Gasteiger partial charge in [0.25, 0.3) is 0 Å². The topological polar surface area (TPSA) is 65.0 Å². The molecule has 0 radical (unpaired) electrons. The third kappa shape index (κ3) is 4.09. The number of nitrogens with zero attached hydrogens (tertiary/aromatic N) is 3. The van der Waals surface area contributed by atoms with Gasteiger partial charge in [-0.25, -0.2) is 8.42 Å². The Morgan fingerprint density at radius 1 is 1.45 bits per heavy atom. The van der Waals surface area contributed by atoms with Crippen LogP contribution in [0.5, 0.6) is 0 Å². The van der Waals surface area contributed by atoms with Gasteiger partial charge >= 0.3 is 0 Å². The van der Waals surface area contributed by atoms with Crippen molar-refractivity contribution in [1.82, 2.24) is 15.1 Å². The average molecular weight is 304 g/mol. The maximum absolute atomic E-state index is 12.0. The summed E-state index contributed by atoms with van der Waals surface area (Å²) in [5.74, 6) is 0.979. The number of aliphatic imine (C=N–C) groups is 1. The van der Waals surface area contributed by atoms with Crippen LogP contribution in [0.1, 0.15) is 20.8 Å². The lowest BCUT2D eigenvalue weighted by Gasteiger charge is -2.39. The second kappa shape index (κ2) is 6.76. The van der Waals surface area contributed by atoms with Crippen molar-refractivity contribution in [3.63, 3.8) is 0 Å². The minimum absolute atomic E-state index is 0.190. The molecule has 7 heteroatoms. The van der Waals surface area contributed by atoms with E-state index in [1.807, 2.05) is 4.90 Å². The van der Waals surface area contributed by atoms with Crippen molar-refractivity contribution < 1.29 is 8.42 Å². The van der Waals surface area contributed by atoms with E-state index in [-0.39, 0.29) is 5.75 Å². The van der Waals surface area contributed by atoms with Crippen LogP contribution < -0.4 is 5.32 Å². The molecule has 0 aromatic heterocycles. The van der Waals surface area contributed by atoms with Crippen molar-refractivity contribution in [1.29, 1.82) is 0 Å². The molecule has 0 atom stereocenters. The van der Waals surface area contributed by atoms with Gasteiger partial charge in [-0.1, -0.05) is 6.92 Å². The van der Waals surface area contributed by atoms with Gasteiger partial charge in [0.05, 0.1) is 10.5 Å². The lowest BCUT2D eigenvalue weighted by molar-refractivity contribution is 0.337. The summed E-state index contributed by atoms with van der Waals surface area (Å²) >= 11 is 0. The van der Waals surface area contributed by atoms with Crippen LogP contribution in [0.15, 0.2) is 4.99 Å². The summed E-state index contributed by atoms with van der Waals surface area (Å²) in [5, 5.41) is 3.31. The molecule has 1 fully saturated rings. The fourth-order valence-corrected chi connectivity index (χ4v) is 3.54. The van der Waals surface area contributed by atoms with Crippen LogP contribution in [0.3, 0.4) is 0 Å². The highest BCUT2D eigenvalue weighted by molar-refractivity contribution is 7.92. The van der Waals surface area contributed by atoms with Crippen molar-refractivity contribution in [3.8, 4) is 0 Å². The van der Waals surface area contributed by atoms with Crippen molar-refractivity contribution in [2.24, 2.45) is 4.99 Å². The first kappa shape index (κ1) is 17.2. The summed E-state index contributed by atoms with van der Waals surface area (Å²) in [6.07, 6.45) is 0. The lowest BCUT2D eigenvalue weighted by Crippen LogP contribution is -2.57. The first-order valence-corrected chi connectivity index (χ1v) is 8.75. The molecule has 1 rings (SSSR count). The Morgan fingerprint density at radius 3 is 2.60 bits per heavy atom. The molecule has 118 valence electrons. The van der Waals surface area contributed by atoms with E-state index in [4.69, 9.17) is 0 Å². The fourth-order valence-electron chi connectivity index (χ4n) is 2.17. The Labute approximate surface area is 123 Å². The molecule has 0 aliphatic carbocycles. The summed E-state index contributed by atoms with van der Waals surface area (Å²) < 4.78 is 23.3. The summed E-state index contributed by atoms with van der Waals surface area (Å²) in [5.41, 5.74) is 0. The second-order valence-electron chi connectivity index (χ2n) is 5.87. The van der Waals surface area contributed by atoms with Gasteiger partial charge in [-0.05, 0) is 27.4 Å². The molecule has 1 aliphatic heterocycles. The zero-order chi connectivity index (χ0) is 15.4. The lowest BCUT2D eigenvalue weighted by atomic mass is 10.2. The molecule has 1 aliphatic rings. The average Bonchev–Trinajstić information content (AvgIpc) is 2.38. The minimum atomic E-state index is -3.01. The Balaban J connectivity index is 2.60. The third-order valence-corrected chi connectivity index (χ3v) is 6.40. The number of sulfone groups is 1. The summed E-state index contributed by atoms with van der Waals surface area (Å²) in [6.45, 7) is 9.43. The van der Waals surface area contributed by atoms with Crippen LogP contribution in [0.25, 0.3) is 0 Å². The summed E-state index contributed by atoms with van der Waals surface area (Å²) in [7, 11) is 0.802. The molecule has 0 aromatic rings. The fraction of sp³-hybridized carbons (Fsp3) is 0.923. The highest BCUT2D eigenvalue weighted by Crippen LogP contribution is 2.23. The molecule has 0 unspecified atom stereocenters. The standard InChI is InChI=1S/C13H28N4O2S/c1-6-16(5)8-7-15-12(14-4)17-9-10-20(18,19)13(2,3)11-17/h6-11H2,1-5H3,(H,14,15). The van der Waals surface area contributed by atoms with E-state index in [1.54, 1.807) is 20.9 Å². The van der Waals surface area contributed by atoms with E-state index in [0.717, 1.165) is 25.6 Å². The molecule has 20 heavy (non-hydrogen) atoms. The summed E-state index contributed by atoms with van der Waals surface area (Å²) in [4.78, 5) is 8.51. The van der Waals surface area contributed by atoms with Crippen molar-refractivity contribution in [2.45, 2.75) is 25.5 Å². The number of hydrogen-bond acceptors (Lipinski definition) is 4. The van der Waals surface area contributed by atoms with Crippen molar-refractivity contribution >= 4 is 15.8 Å². The van der Waals surface area contributed by atoms with E-state index in [9.17, 15) is 8.42 Å². The SMILES string of the molecule is CCN(C)CCNC(=NC)N1CCS(=O)(=O)C(C)(C)C1. The largest absolute Gasteiger partial charge is 0.355 e. The van der Waals surface area contributed by atoms with Gasteiger partial charge in [0.2, 0.25) is 0 Å². The van der Waals surface area contributed by atoms with E-state index < -0.39 is 14.6 Å². The van der Waals surface area contributed by atoms with Gasteiger partial charge in [0.1, 0.15) is 0 Å². The monoisotopic (exact) mass is 304 g/mol. The molecule has 1 heterocycles. The van der Waals surface area contributed by atoms with Crippen molar-refractivity contribution in [2.75, 3.05) is 52.6 Å². The predicted molar refractivity (Wildman–Crippen MR) is 84.0 cm³/mol. The highest BCUT2D eigenvalue weighted by atomic mass is 32.2. The number of hydrogen-bond donors (Lipinski definition) is 1. The van der Waals surface area contributed by atoms with Gasteiger partial charge < -0.3 is 15.1 Å². The number of rotatable bonds is 4. The molecule has 0 aromatic carbocycles. The maximum Gasteiger partial charge on any atom is 0.193 e.